The van der Waals surface area contributed by atoms with Gasteiger partial charge in [0.2, 0.25) is 0 Å². The highest BCUT2D eigenvalue weighted by Gasteiger charge is 2.22. The van der Waals surface area contributed by atoms with Crippen molar-refractivity contribution < 1.29 is 4.74 Å². The number of nitrogens with two attached hydrogens (primary N) is 1. The Morgan fingerprint density at radius 1 is 1.69 bits per heavy atom. The van der Waals surface area contributed by atoms with Gasteiger partial charge in [0, 0.05) is 17.2 Å². The molecule has 2 rings (SSSR count). The normalized spacial score (nSPS) is 20.5. The second kappa shape index (κ2) is 4.68. The molecule has 0 spiro atoms. The lowest BCUT2D eigenvalue weighted by atomic mass is 10.2. The predicted octanol–water partition coefficient (Wildman–Crippen LogP) is 1.16. The van der Waals surface area contributed by atoms with E-state index in [9.17, 15) is 0 Å². The fraction of sp³-hybridized carbons (Fsp3) is 0.400. The third-order valence-electron chi connectivity index (χ3n) is 2.37. The largest absolute Gasteiger partial charge is 0.396 e. The summed E-state index contributed by atoms with van der Waals surface area (Å²) >= 11 is 3.31. The van der Waals surface area contributed by atoms with Gasteiger partial charge in [0.15, 0.2) is 11.9 Å². The van der Waals surface area contributed by atoms with Crippen molar-refractivity contribution in [3.63, 3.8) is 0 Å². The number of morpholine rings is 1. The van der Waals surface area contributed by atoms with E-state index in [2.05, 4.69) is 27.0 Å². The standard InChI is InChI=1S/C10H11BrN4O/c11-7-3-9(13)10(14-5-7)15-1-2-16-8(4-12)6-15/h3,5,8H,1-2,6,13H2. The Morgan fingerprint density at radius 2 is 2.50 bits per heavy atom. The fourth-order valence-electron chi connectivity index (χ4n) is 1.63. The molecule has 6 heteroatoms. The van der Waals surface area contributed by atoms with Crippen LogP contribution in [0.1, 0.15) is 0 Å². The van der Waals surface area contributed by atoms with E-state index in [4.69, 9.17) is 15.7 Å². The van der Waals surface area contributed by atoms with Crippen molar-refractivity contribution in [2.45, 2.75) is 6.10 Å². The molecule has 1 aliphatic rings. The maximum Gasteiger partial charge on any atom is 0.161 e. The third-order valence-corrected chi connectivity index (χ3v) is 2.81. The lowest BCUT2D eigenvalue weighted by Crippen LogP contribution is -2.42. The van der Waals surface area contributed by atoms with Gasteiger partial charge < -0.3 is 15.4 Å². The van der Waals surface area contributed by atoms with Crippen molar-refractivity contribution in [3.8, 4) is 6.07 Å². The van der Waals surface area contributed by atoms with Crippen molar-refractivity contribution in [2.24, 2.45) is 0 Å². The first kappa shape index (κ1) is 11.2. The molecule has 1 saturated heterocycles. The summed E-state index contributed by atoms with van der Waals surface area (Å²) in [5.74, 6) is 0.715. The van der Waals surface area contributed by atoms with E-state index in [1.807, 2.05) is 4.90 Å². The lowest BCUT2D eigenvalue weighted by molar-refractivity contribution is 0.0762. The first-order valence-electron chi connectivity index (χ1n) is 4.88. The van der Waals surface area contributed by atoms with Gasteiger partial charge in [-0.05, 0) is 22.0 Å². The highest BCUT2D eigenvalue weighted by molar-refractivity contribution is 9.10. The number of halogens is 1. The van der Waals surface area contributed by atoms with E-state index < -0.39 is 6.10 Å². The second-order valence-corrected chi connectivity index (χ2v) is 4.42. The van der Waals surface area contributed by atoms with Crippen molar-refractivity contribution in [1.29, 1.82) is 5.26 Å². The minimum absolute atomic E-state index is 0.404. The van der Waals surface area contributed by atoms with Gasteiger partial charge in [-0.3, -0.25) is 0 Å². The lowest BCUT2D eigenvalue weighted by Gasteiger charge is -2.31. The van der Waals surface area contributed by atoms with Crippen LogP contribution in [0.25, 0.3) is 0 Å². The van der Waals surface area contributed by atoms with Crippen LogP contribution >= 0.6 is 15.9 Å². The summed E-state index contributed by atoms with van der Waals surface area (Å²) in [5.41, 5.74) is 6.49. The zero-order valence-electron chi connectivity index (χ0n) is 8.56. The minimum atomic E-state index is -0.404. The second-order valence-electron chi connectivity index (χ2n) is 3.50. The van der Waals surface area contributed by atoms with E-state index in [1.165, 1.54) is 0 Å². The molecule has 1 unspecified atom stereocenters. The number of nitrogens with zero attached hydrogens (tertiary/aromatic N) is 3. The molecule has 1 fully saturated rings. The maximum absolute atomic E-state index is 8.81. The topological polar surface area (TPSA) is 75.2 Å². The summed E-state index contributed by atoms with van der Waals surface area (Å²) in [6.45, 7) is 1.74. The number of anilines is 2. The van der Waals surface area contributed by atoms with Crippen LogP contribution in [0.3, 0.4) is 0 Å². The Morgan fingerprint density at radius 3 is 3.19 bits per heavy atom. The first-order valence-corrected chi connectivity index (χ1v) is 5.67. The molecule has 1 aromatic heterocycles. The Labute approximate surface area is 102 Å². The molecule has 1 atom stereocenters. The molecular weight excluding hydrogens is 272 g/mol. The molecule has 2 heterocycles. The number of nitrogen functional groups attached to an aromatic ring is 1. The summed E-state index contributed by atoms with van der Waals surface area (Å²) in [5, 5.41) is 8.81. The molecule has 0 aromatic carbocycles. The number of aromatic nitrogens is 1. The van der Waals surface area contributed by atoms with Gasteiger partial charge in [-0.1, -0.05) is 0 Å². The summed E-state index contributed by atoms with van der Waals surface area (Å²) < 4.78 is 6.11. The van der Waals surface area contributed by atoms with E-state index in [0.717, 1.165) is 4.47 Å². The zero-order valence-corrected chi connectivity index (χ0v) is 10.1. The average Bonchev–Trinajstić information content (AvgIpc) is 2.29. The third kappa shape index (κ3) is 2.26. The van der Waals surface area contributed by atoms with Crippen LogP contribution in [0, 0.1) is 11.3 Å². The Bertz CT molecular complexity index is 431. The fourth-order valence-corrected chi connectivity index (χ4v) is 1.98. The Hall–Kier alpha value is -1.32. The molecule has 16 heavy (non-hydrogen) atoms. The zero-order chi connectivity index (χ0) is 11.5. The molecule has 0 saturated carbocycles. The molecule has 0 bridgehead atoms. The van der Waals surface area contributed by atoms with Crippen LogP contribution < -0.4 is 10.6 Å². The quantitative estimate of drug-likeness (QED) is 0.837. The van der Waals surface area contributed by atoms with Crippen LogP contribution in [0.4, 0.5) is 11.5 Å². The molecule has 84 valence electrons. The van der Waals surface area contributed by atoms with Crippen LogP contribution in [-0.2, 0) is 4.74 Å². The summed E-state index contributed by atoms with van der Waals surface area (Å²) in [6, 6.07) is 3.90. The highest BCUT2D eigenvalue weighted by atomic mass is 79.9. The number of nitriles is 1. The first-order chi connectivity index (χ1) is 7.70. The number of pyridine rings is 1. The number of hydrogen-bond acceptors (Lipinski definition) is 5. The van der Waals surface area contributed by atoms with Gasteiger partial charge in [-0.2, -0.15) is 5.26 Å². The van der Waals surface area contributed by atoms with Crippen LogP contribution in [0.2, 0.25) is 0 Å². The highest BCUT2D eigenvalue weighted by Crippen LogP contribution is 2.24. The molecule has 2 N–H and O–H groups in total. The van der Waals surface area contributed by atoms with Crippen LogP contribution in [0.5, 0.6) is 0 Å². The monoisotopic (exact) mass is 282 g/mol. The smallest absolute Gasteiger partial charge is 0.161 e. The van der Waals surface area contributed by atoms with Crippen LogP contribution in [-0.4, -0.2) is 30.8 Å². The van der Waals surface area contributed by atoms with Gasteiger partial charge in [0.25, 0.3) is 0 Å². The van der Waals surface area contributed by atoms with Gasteiger partial charge in [-0.25, -0.2) is 4.98 Å². The predicted molar refractivity (Wildman–Crippen MR) is 63.9 cm³/mol. The molecule has 5 nitrogen and oxygen atoms in total. The Kier molecular flexibility index (Phi) is 3.27. The van der Waals surface area contributed by atoms with E-state index >= 15 is 0 Å². The van der Waals surface area contributed by atoms with E-state index in [-0.39, 0.29) is 0 Å². The molecule has 1 aliphatic heterocycles. The molecule has 0 radical (unpaired) electrons. The van der Waals surface area contributed by atoms with Gasteiger partial charge >= 0.3 is 0 Å². The molecule has 0 aliphatic carbocycles. The Balaban J connectivity index is 2.20. The SMILES string of the molecule is N#CC1CN(c2ncc(Br)cc2N)CCO1. The average molecular weight is 283 g/mol. The summed E-state index contributed by atoms with van der Waals surface area (Å²) in [6.07, 6.45) is 1.29. The van der Waals surface area contributed by atoms with Crippen LogP contribution in [0.15, 0.2) is 16.7 Å². The maximum atomic E-state index is 8.81. The van der Waals surface area contributed by atoms with E-state index in [1.54, 1.807) is 12.3 Å². The molecule has 0 amide bonds. The van der Waals surface area contributed by atoms with Crippen molar-refractivity contribution in [2.75, 3.05) is 30.3 Å². The van der Waals surface area contributed by atoms with Gasteiger partial charge in [-0.15, -0.1) is 0 Å². The molecular formula is C10H11BrN4O. The number of ether oxygens (including phenoxy) is 1. The van der Waals surface area contributed by atoms with E-state index in [0.29, 0.717) is 31.2 Å². The van der Waals surface area contributed by atoms with Gasteiger partial charge in [0.05, 0.1) is 24.9 Å². The minimum Gasteiger partial charge on any atom is -0.396 e. The summed E-state index contributed by atoms with van der Waals surface area (Å²) in [7, 11) is 0. The van der Waals surface area contributed by atoms with Gasteiger partial charge in [0.1, 0.15) is 0 Å². The van der Waals surface area contributed by atoms with Crippen molar-refractivity contribution >= 4 is 27.4 Å². The molecule has 1 aromatic rings. The number of rotatable bonds is 1. The summed E-state index contributed by atoms with van der Waals surface area (Å²) in [4.78, 5) is 6.23. The number of hydrogen-bond donors (Lipinski definition) is 1. The van der Waals surface area contributed by atoms with Crippen molar-refractivity contribution in [1.82, 2.24) is 4.98 Å². The van der Waals surface area contributed by atoms with Crippen molar-refractivity contribution in [3.05, 3.63) is 16.7 Å².